The third kappa shape index (κ3) is 2.51. The highest BCUT2D eigenvalue weighted by Crippen LogP contribution is 2.11. The molecule has 3 heteroatoms. The number of ketones is 1. The lowest BCUT2D eigenvalue weighted by atomic mass is 9.93. The van der Waals surface area contributed by atoms with Gasteiger partial charge in [0.1, 0.15) is 0 Å². The molecular formula is C13H12N2O. The molecule has 16 heavy (non-hydrogen) atoms. The van der Waals surface area contributed by atoms with Crippen molar-refractivity contribution in [3.05, 3.63) is 48.9 Å². The first-order valence-corrected chi connectivity index (χ1v) is 5.15. The molecule has 0 aromatic heterocycles. The van der Waals surface area contributed by atoms with Crippen molar-refractivity contribution in [2.45, 2.75) is 0 Å². The van der Waals surface area contributed by atoms with Gasteiger partial charge in [0.05, 0.1) is 11.8 Å². The Balaban J connectivity index is 2.13. The molecule has 2 aliphatic rings. The van der Waals surface area contributed by atoms with Gasteiger partial charge in [-0.3, -0.25) is 14.8 Å². The highest BCUT2D eigenvalue weighted by Gasteiger charge is 2.20. The van der Waals surface area contributed by atoms with E-state index >= 15 is 0 Å². The Kier molecular flexibility index (Phi) is 3.38. The molecule has 0 bridgehead atoms. The molecule has 2 atom stereocenters. The molecule has 3 nitrogen and oxygen atoms in total. The second-order valence-corrected chi connectivity index (χ2v) is 3.50. The summed E-state index contributed by atoms with van der Waals surface area (Å²) < 4.78 is 0. The molecular weight excluding hydrogens is 200 g/mol. The van der Waals surface area contributed by atoms with Gasteiger partial charge in [-0.15, -0.1) is 0 Å². The normalized spacial score (nSPS) is 26.8. The summed E-state index contributed by atoms with van der Waals surface area (Å²) in [4.78, 5) is 20.2. The number of aliphatic imine (C=N–C) groups is 2. The van der Waals surface area contributed by atoms with Crippen molar-refractivity contribution < 1.29 is 4.79 Å². The topological polar surface area (TPSA) is 41.8 Å². The van der Waals surface area contributed by atoms with Gasteiger partial charge >= 0.3 is 0 Å². The van der Waals surface area contributed by atoms with Crippen LogP contribution in [0.4, 0.5) is 0 Å². The summed E-state index contributed by atoms with van der Waals surface area (Å²) in [5.41, 5.74) is 0. The van der Waals surface area contributed by atoms with Crippen LogP contribution < -0.4 is 0 Å². The van der Waals surface area contributed by atoms with Crippen LogP contribution >= 0.6 is 0 Å². The summed E-state index contributed by atoms with van der Waals surface area (Å²) in [5.74, 6) is -0.448. The van der Waals surface area contributed by atoms with E-state index in [9.17, 15) is 4.79 Å². The van der Waals surface area contributed by atoms with E-state index in [4.69, 9.17) is 0 Å². The lowest BCUT2D eigenvalue weighted by molar-refractivity contribution is -0.120. The first-order valence-electron chi connectivity index (χ1n) is 5.15. The predicted molar refractivity (Wildman–Crippen MR) is 65.5 cm³/mol. The SMILES string of the molecule is O=C(C1C=CC=CN=C1)C1C=CC=CN=C1. The van der Waals surface area contributed by atoms with E-state index in [0.29, 0.717) is 0 Å². The number of nitrogens with zero attached hydrogens (tertiary/aromatic N) is 2. The summed E-state index contributed by atoms with van der Waals surface area (Å²) in [6.45, 7) is 0. The van der Waals surface area contributed by atoms with Crippen molar-refractivity contribution >= 4 is 18.2 Å². The molecule has 0 aromatic carbocycles. The first kappa shape index (κ1) is 10.5. The smallest absolute Gasteiger partial charge is 0.157 e. The number of Topliss-reactive ketones (excluding diaryl/α,β-unsaturated/α-hetero) is 1. The number of hydrogen-bond donors (Lipinski definition) is 0. The quantitative estimate of drug-likeness (QED) is 0.691. The van der Waals surface area contributed by atoms with E-state index in [2.05, 4.69) is 9.98 Å². The van der Waals surface area contributed by atoms with E-state index in [1.54, 1.807) is 24.8 Å². The van der Waals surface area contributed by atoms with Crippen LogP contribution in [-0.2, 0) is 4.79 Å². The van der Waals surface area contributed by atoms with Crippen molar-refractivity contribution in [3.8, 4) is 0 Å². The maximum Gasteiger partial charge on any atom is 0.157 e. The molecule has 0 N–H and O–H groups in total. The molecule has 0 amide bonds. The number of rotatable bonds is 2. The van der Waals surface area contributed by atoms with E-state index in [1.807, 2.05) is 36.5 Å². The Labute approximate surface area is 94.3 Å². The lowest BCUT2D eigenvalue weighted by Crippen LogP contribution is -2.22. The zero-order chi connectivity index (χ0) is 11.2. The molecule has 0 spiro atoms. The molecule has 0 saturated heterocycles. The van der Waals surface area contributed by atoms with Gasteiger partial charge in [-0.05, 0) is 12.2 Å². The monoisotopic (exact) mass is 212 g/mol. The molecule has 0 aromatic rings. The molecule has 0 aliphatic carbocycles. The van der Waals surface area contributed by atoms with Crippen LogP contribution in [0.5, 0.6) is 0 Å². The minimum atomic E-state index is -0.269. The number of hydrogen-bond acceptors (Lipinski definition) is 3. The van der Waals surface area contributed by atoms with Crippen LogP contribution in [0.1, 0.15) is 0 Å². The summed E-state index contributed by atoms with van der Waals surface area (Å²) in [7, 11) is 0. The average molecular weight is 212 g/mol. The third-order valence-electron chi connectivity index (χ3n) is 2.35. The minimum Gasteiger partial charge on any atom is -0.298 e. The Morgan fingerprint density at radius 1 is 0.812 bits per heavy atom. The standard InChI is InChI=1S/C13H12N2O/c16-13(11-5-1-3-7-14-9-11)12-6-2-4-8-15-10-12/h1-12H. The molecule has 2 heterocycles. The Bertz CT molecular complexity index is 367. The highest BCUT2D eigenvalue weighted by molar-refractivity contribution is 6.06. The molecule has 0 radical (unpaired) electrons. The maximum atomic E-state index is 12.1. The van der Waals surface area contributed by atoms with E-state index in [-0.39, 0.29) is 17.6 Å². The van der Waals surface area contributed by atoms with Crippen LogP contribution in [0.15, 0.2) is 58.8 Å². The summed E-state index contributed by atoms with van der Waals surface area (Å²) >= 11 is 0. The molecule has 2 unspecified atom stereocenters. The number of carbonyl (C=O) groups excluding carboxylic acids is 1. The maximum absolute atomic E-state index is 12.1. The van der Waals surface area contributed by atoms with E-state index in [0.717, 1.165) is 0 Å². The van der Waals surface area contributed by atoms with Crippen LogP contribution in [-0.4, -0.2) is 18.2 Å². The zero-order valence-electron chi connectivity index (χ0n) is 8.73. The Morgan fingerprint density at radius 3 is 1.81 bits per heavy atom. The van der Waals surface area contributed by atoms with Crippen LogP contribution in [0.2, 0.25) is 0 Å². The van der Waals surface area contributed by atoms with Gasteiger partial charge in [0, 0.05) is 24.8 Å². The van der Waals surface area contributed by atoms with Gasteiger partial charge in [0.25, 0.3) is 0 Å². The van der Waals surface area contributed by atoms with Crippen molar-refractivity contribution in [2.24, 2.45) is 21.8 Å². The Hall–Kier alpha value is -2.03. The van der Waals surface area contributed by atoms with Crippen molar-refractivity contribution in [3.63, 3.8) is 0 Å². The average Bonchev–Trinajstić information content (AvgIpc) is 2.73. The van der Waals surface area contributed by atoms with Crippen molar-refractivity contribution in [2.75, 3.05) is 0 Å². The minimum absolute atomic E-state index is 0.0902. The largest absolute Gasteiger partial charge is 0.298 e. The van der Waals surface area contributed by atoms with Gasteiger partial charge < -0.3 is 0 Å². The number of allylic oxidation sites excluding steroid dienone is 6. The van der Waals surface area contributed by atoms with E-state index < -0.39 is 0 Å². The fraction of sp³-hybridized carbons (Fsp3) is 0.154. The molecule has 0 fully saturated rings. The van der Waals surface area contributed by atoms with Crippen molar-refractivity contribution in [1.82, 2.24) is 0 Å². The van der Waals surface area contributed by atoms with Crippen LogP contribution in [0.3, 0.4) is 0 Å². The predicted octanol–water partition coefficient (Wildman–Crippen LogP) is 2.10. The highest BCUT2D eigenvalue weighted by atomic mass is 16.1. The van der Waals surface area contributed by atoms with Crippen LogP contribution in [0.25, 0.3) is 0 Å². The second kappa shape index (κ2) is 5.16. The summed E-state index contributed by atoms with van der Waals surface area (Å²) in [5, 5.41) is 0. The van der Waals surface area contributed by atoms with Gasteiger partial charge in [0.2, 0.25) is 0 Å². The molecule has 2 aliphatic heterocycles. The third-order valence-corrected chi connectivity index (χ3v) is 2.35. The fourth-order valence-electron chi connectivity index (χ4n) is 1.51. The summed E-state index contributed by atoms with van der Waals surface area (Å²) in [6.07, 6.45) is 17.6. The van der Waals surface area contributed by atoms with Gasteiger partial charge in [-0.2, -0.15) is 0 Å². The summed E-state index contributed by atoms with van der Waals surface area (Å²) in [6, 6.07) is 0. The molecule has 0 saturated carbocycles. The first-order chi connectivity index (χ1) is 7.88. The Morgan fingerprint density at radius 2 is 1.31 bits per heavy atom. The number of carbonyl (C=O) groups is 1. The molecule has 80 valence electrons. The van der Waals surface area contributed by atoms with Gasteiger partial charge in [0.15, 0.2) is 5.78 Å². The van der Waals surface area contributed by atoms with E-state index in [1.165, 1.54) is 0 Å². The fourth-order valence-corrected chi connectivity index (χ4v) is 1.51. The van der Waals surface area contributed by atoms with Gasteiger partial charge in [-0.1, -0.05) is 24.3 Å². The lowest BCUT2D eigenvalue weighted by Gasteiger charge is -2.09. The van der Waals surface area contributed by atoms with Crippen molar-refractivity contribution in [1.29, 1.82) is 0 Å². The van der Waals surface area contributed by atoms with Crippen LogP contribution in [0, 0.1) is 11.8 Å². The van der Waals surface area contributed by atoms with Gasteiger partial charge in [-0.25, -0.2) is 0 Å². The second-order valence-electron chi connectivity index (χ2n) is 3.50. The molecule has 2 rings (SSSR count). The zero-order valence-corrected chi connectivity index (χ0v) is 8.73.